The van der Waals surface area contributed by atoms with Crippen LogP contribution < -0.4 is 20.7 Å². The number of carbonyl (C=O) groups is 2. The normalized spacial score (nSPS) is 10.6. The molecule has 0 unspecified atom stereocenters. The van der Waals surface area contributed by atoms with Gasteiger partial charge in [0.25, 0.3) is 5.91 Å². The van der Waals surface area contributed by atoms with Crippen LogP contribution in [0.3, 0.4) is 0 Å². The largest absolute Gasteiger partial charge is 0.491 e. The van der Waals surface area contributed by atoms with E-state index >= 15 is 0 Å². The van der Waals surface area contributed by atoms with Gasteiger partial charge in [0.15, 0.2) is 0 Å². The fourth-order valence-corrected chi connectivity index (χ4v) is 2.70. The number of rotatable bonds is 11. The fraction of sp³-hybridized carbons (Fsp3) is 0.391. The third-order valence-electron chi connectivity index (χ3n) is 4.13. The maximum Gasteiger partial charge on any atom is 0.251 e. The zero-order valence-electron chi connectivity index (χ0n) is 17.5. The van der Waals surface area contributed by atoms with Gasteiger partial charge >= 0.3 is 0 Å². The standard InChI is InChI=1S/C23H31N3O3/c1-4-5-13-25-23(28)19-7-6-8-20(14-19)26-22(27)16-24-15-18-9-11-21(12-10-18)29-17(2)3/h6-12,14,17,24H,4-5,13,15-16H2,1-3H3,(H,25,28)(H,26,27). The summed E-state index contributed by atoms with van der Waals surface area (Å²) in [6, 6.07) is 14.8. The van der Waals surface area contributed by atoms with Crippen LogP contribution in [0.4, 0.5) is 5.69 Å². The quantitative estimate of drug-likeness (QED) is 0.505. The highest BCUT2D eigenvalue weighted by Crippen LogP contribution is 2.14. The first kappa shape index (κ1) is 22.4. The smallest absolute Gasteiger partial charge is 0.251 e. The first-order valence-electron chi connectivity index (χ1n) is 10.1. The van der Waals surface area contributed by atoms with Crippen LogP contribution in [0, 0.1) is 0 Å². The van der Waals surface area contributed by atoms with Gasteiger partial charge in [0.05, 0.1) is 12.6 Å². The zero-order chi connectivity index (χ0) is 21.1. The van der Waals surface area contributed by atoms with E-state index in [0.29, 0.717) is 24.3 Å². The van der Waals surface area contributed by atoms with Crippen LogP contribution >= 0.6 is 0 Å². The molecule has 0 aliphatic rings. The van der Waals surface area contributed by atoms with Gasteiger partial charge in [-0.1, -0.05) is 31.5 Å². The molecule has 0 saturated carbocycles. The summed E-state index contributed by atoms with van der Waals surface area (Å²) >= 11 is 0. The number of benzene rings is 2. The van der Waals surface area contributed by atoms with Crippen molar-refractivity contribution in [3.05, 3.63) is 59.7 Å². The van der Waals surface area contributed by atoms with E-state index in [1.54, 1.807) is 24.3 Å². The zero-order valence-corrected chi connectivity index (χ0v) is 17.5. The minimum atomic E-state index is -0.159. The predicted molar refractivity (Wildman–Crippen MR) is 116 cm³/mol. The predicted octanol–water partition coefficient (Wildman–Crippen LogP) is 3.73. The van der Waals surface area contributed by atoms with Gasteiger partial charge in [-0.2, -0.15) is 0 Å². The molecule has 3 N–H and O–H groups in total. The average molecular weight is 398 g/mol. The maximum absolute atomic E-state index is 12.2. The Morgan fingerprint density at radius 3 is 2.52 bits per heavy atom. The monoisotopic (exact) mass is 397 g/mol. The summed E-state index contributed by atoms with van der Waals surface area (Å²) in [6.45, 7) is 7.46. The number of anilines is 1. The molecule has 29 heavy (non-hydrogen) atoms. The van der Waals surface area contributed by atoms with Crippen LogP contribution in [-0.2, 0) is 11.3 Å². The van der Waals surface area contributed by atoms with Crippen molar-refractivity contribution >= 4 is 17.5 Å². The van der Waals surface area contributed by atoms with E-state index in [2.05, 4.69) is 22.9 Å². The van der Waals surface area contributed by atoms with Crippen molar-refractivity contribution in [2.24, 2.45) is 0 Å². The van der Waals surface area contributed by atoms with Crippen molar-refractivity contribution in [1.82, 2.24) is 10.6 Å². The molecule has 0 spiro atoms. The molecule has 6 heteroatoms. The Hall–Kier alpha value is -2.86. The minimum absolute atomic E-state index is 0.127. The van der Waals surface area contributed by atoms with Gasteiger partial charge in [-0.3, -0.25) is 9.59 Å². The average Bonchev–Trinajstić information content (AvgIpc) is 2.69. The molecule has 2 amide bonds. The van der Waals surface area contributed by atoms with Gasteiger partial charge in [0.2, 0.25) is 5.91 Å². The highest BCUT2D eigenvalue weighted by atomic mass is 16.5. The number of hydrogen-bond acceptors (Lipinski definition) is 4. The lowest BCUT2D eigenvalue weighted by Crippen LogP contribution is -2.28. The lowest BCUT2D eigenvalue weighted by atomic mass is 10.2. The van der Waals surface area contributed by atoms with Crippen molar-refractivity contribution in [2.45, 2.75) is 46.3 Å². The molecule has 0 radical (unpaired) electrons. The number of carbonyl (C=O) groups excluding carboxylic acids is 2. The Kier molecular flexibility index (Phi) is 9.18. The molecule has 0 aliphatic carbocycles. The molecular weight excluding hydrogens is 366 g/mol. The van der Waals surface area contributed by atoms with Crippen molar-refractivity contribution in [2.75, 3.05) is 18.4 Å². The van der Waals surface area contributed by atoms with E-state index in [-0.39, 0.29) is 24.5 Å². The Morgan fingerprint density at radius 2 is 1.83 bits per heavy atom. The molecule has 0 heterocycles. The third kappa shape index (κ3) is 8.35. The molecule has 0 bridgehead atoms. The Morgan fingerprint density at radius 1 is 1.07 bits per heavy atom. The van der Waals surface area contributed by atoms with Gasteiger partial charge in [-0.25, -0.2) is 0 Å². The number of nitrogens with one attached hydrogen (secondary N) is 3. The second kappa shape index (κ2) is 11.9. The van der Waals surface area contributed by atoms with Crippen LogP contribution in [0.2, 0.25) is 0 Å². The third-order valence-corrected chi connectivity index (χ3v) is 4.13. The second-order valence-corrected chi connectivity index (χ2v) is 7.15. The van der Waals surface area contributed by atoms with Crippen LogP contribution in [0.1, 0.15) is 49.5 Å². The summed E-state index contributed by atoms with van der Waals surface area (Å²) in [5, 5.41) is 8.82. The molecule has 0 aliphatic heterocycles. The number of unbranched alkanes of at least 4 members (excludes halogenated alkanes) is 1. The molecule has 0 fully saturated rings. The van der Waals surface area contributed by atoms with Gasteiger partial charge in [-0.05, 0) is 56.2 Å². The van der Waals surface area contributed by atoms with E-state index in [1.807, 2.05) is 38.1 Å². The number of hydrogen-bond donors (Lipinski definition) is 3. The molecule has 0 saturated heterocycles. The van der Waals surface area contributed by atoms with Gasteiger partial charge in [0.1, 0.15) is 5.75 Å². The molecule has 6 nitrogen and oxygen atoms in total. The van der Waals surface area contributed by atoms with E-state index in [4.69, 9.17) is 4.74 Å². The highest BCUT2D eigenvalue weighted by molar-refractivity contribution is 5.97. The van der Waals surface area contributed by atoms with Crippen molar-refractivity contribution < 1.29 is 14.3 Å². The van der Waals surface area contributed by atoms with Gasteiger partial charge in [0, 0.05) is 24.3 Å². The molecule has 2 rings (SSSR count). The summed E-state index contributed by atoms with van der Waals surface area (Å²) in [6.07, 6.45) is 2.11. The molecular formula is C23H31N3O3. The maximum atomic E-state index is 12.2. The molecule has 2 aromatic rings. The van der Waals surface area contributed by atoms with Crippen molar-refractivity contribution in [3.8, 4) is 5.75 Å². The van der Waals surface area contributed by atoms with Crippen molar-refractivity contribution in [3.63, 3.8) is 0 Å². The molecule has 156 valence electrons. The van der Waals surface area contributed by atoms with E-state index in [9.17, 15) is 9.59 Å². The lowest BCUT2D eigenvalue weighted by molar-refractivity contribution is -0.115. The Labute approximate surface area is 173 Å². The van der Waals surface area contributed by atoms with E-state index in [1.165, 1.54) is 0 Å². The summed E-state index contributed by atoms with van der Waals surface area (Å²) in [5.41, 5.74) is 2.21. The van der Waals surface area contributed by atoms with Crippen LogP contribution in [0.25, 0.3) is 0 Å². The van der Waals surface area contributed by atoms with Crippen LogP contribution in [0.5, 0.6) is 5.75 Å². The van der Waals surface area contributed by atoms with E-state index in [0.717, 1.165) is 24.2 Å². The van der Waals surface area contributed by atoms with Gasteiger partial charge in [-0.15, -0.1) is 0 Å². The van der Waals surface area contributed by atoms with Crippen molar-refractivity contribution in [1.29, 1.82) is 0 Å². The van der Waals surface area contributed by atoms with Gasteiger partial charge < -0.3 is 20.7 Å². The SMILES string of the molecule is CCCCNC(=O)c1cccc(NC(=O)CNCc2ccc(OC(C)C)cc2)c1. The van der Waals surface area contributed by atoms with E-state index < -0.39 is 0 Å². The molecule has 0 atom stereocenters. The van der Waals surface area contributed by atoms with Crippen LogP contribution in [-0.4, -0.2) is 31.0 Å². The lowest BCUT2D eigenvalue weighted by Gasteiger charge is -2.11. The first-order valence-corrected chi connectivity index (χ1v) is 10.1. The Balaban J connectivity index is 1.77. The molecule has 0 aromatic heterocycles. The summed E-state index contributed by atoms with van der Waals surface area (Å²) < 4.78 is 5.62. The second-order valence-electron chi connectivity index (χ2n) is 7.15. The van der Waals surface area contributed by atoms with Crippen LogP contribution in [0.15, 0.2) is 48.5 Å². The first-order chi connectivity index (χ1) is 14.0. The molecule has 2 aromatic carbocycles. The minimum Gasteiger partial charge on any atom is -0.491 e. The summed E-state index contributed by atoms with van der Waals surface area (Å²) in [7, 11) is 0. The highest BCUT2D eigenvalue weighted by Gasteiger charge is 2.07. The summed E-state index contributed by atoms with van der Waals surface area (Å²) in [4.78, 5) is 24.3. The number of ether oxygens (including phenoxy) is 1. The summed E-state index contributed by atoms with van der Waals surface area (Å²) in [5.74, 6) is 0.547. The number of amides is 2. The fourth-order valence-electron chi connectivity index (χ4n) is 2.70. The Bertz CT molecular complexity index is 788. The topological polar surface area (TPSA) is 79.5 Å².